The number of aliphatic hydroxyl groups excluding tert-OH is 1. The molecule has 0 aliphatic carbocycles. The summed E-state index contributed by atoms with van der Waals surface area (Å²) >= 11 is 1.99. The molecular weight excluding hydrogens is 222 g/mol. The van der Waals surface area contributed by atoms with Crippen LogP contribution in [0.5, 0.6) is 0 Å². The highest BCUT2D eigenvalue weighted by atomic mass is 32.2. The molecule has 1 fully saturated rings. The van der Waals surface area contributed by atoms with Gasteiger partial charge in [0.25, 0.3) is 0 Å². The lowest BCUT2D eigenvalue weighted by molar-refractivity contribution is -0.122. The van der Waals surface area contributed by atoms with E-state index in [4.69, 9.17) is 5.11 Å². The van der Waals surface area contributed by atoms with Crippen LogP contribution in [-0.2, 0) is 4.79 Å². The second kappa shape index (κ2) is 7.96. The number of rotatable bonds is 6. The Morgan fingerprint density at radius 3 is 2.81 bits per heavy atom. The zero-order valence-corrected chi connectivity index (χ0v) is 10.9. The van der Waals surface area contributed by atoms with Crippen LogP contribution in [0.2, 0.25) is 0 Å². The quantitative estimate of drug-likeness (QED) is 0.702. The Morgan fingerprint density at radius 2 is 2.19 bits per heavy atom. The minimum atomic E-state index is -0.257. The zero-order valence-electron chi connectivity index (χ0n) is 10.1. The average molecular weight is 245 g/mol. The van der Waals surface area contributed by atoms with Crippen molar-refractivity contribution in [1.82, 2.24) is 5.32 Å². The minimum Gasteiger partial charge on any atom is -0.393 e. The topological polar surface area (TPSA) is 49.3 Å². The molecule has 2 N–H and O–H groups in total. The van der Waals surface area contributed by atoms with E-state index in [1.54, 1.807) is 6.92 Å². The summed E-state index contributed by atoms with van der Waals surface area (Å²) in [7, 11) is 0. The Balaban J connectivity index is 2.01. The predicted molar refractivity (Wildman–Crippen MR) is 68.6 cm³/mol. The molecule has 16 heavy (non-hydrogen) atoms. The van der Waals surface area contributed by atoms with E-state index in [-0.39, 0.29) is 12.0 Å². The van der Waals surface area contributed by atoms with Gasteiger partial charge in [-0.05, 0) is 50.0 Å². The molecule has 0 spiro atoms. The summed E-state index contributed by atoms with van der Waals surface area (Å²) in [6.07, 6.45) is 4.43. The Kier molecular flexibility index (Phi) is 6.88. The molecule has 1 aliphatic rings. The van der Waals surface area contributed by atoms with Crippen molar-refractivity contribution < 1.29 is 9.90 Å². The van der Waals surface area contributed by atoms with Crippen molar-refractivity contribution in [3.8, 4) is 0 Å². The van der Waals surface area contributed by atoms with Gasteiger partial charge in [-0.3, -0.25) is 4.79 Å². The first-order valence-electron chi connectivity index (χ1n) is 6.21. The van der Waals surface area contributed by atoms with E-state index in [0.29, 0.717) is 18.9 Å². The molecule has 3 nitrogen and oxygen atoms in total. The fraction of sp³-hybridized carbons (Fsp3) is 0.917. The van der Waals surface area contributed by atoms with E-state index in [1.807, 2.05) is 11.8 Å². The van der Waals surface area contributed by atoms with Crippen LogP contribution >= 0.6 is 11.8 Å². The number of carbonyl (C=O) groups is 1. The van der Waals surface area contributed by atoms with Crippen LogP contribution < -0.4 is 5.32 Å². The van der Waals surface area contributed by atoms with Gasteiger partial charge in [-0.15, -0.1) is 0 Å². The number of hydrogen-bond donors (Lipinski definition) is 2. The summed E-state index contributed by atoms with van der Waals surface area (Å²) in [5, 5.41) is 12.0. The fourth-order valence-electron chi connectivity index (χ4n) is 1.91. The molecule has 1 saturated heterocycles. The summed E-state index contributed by atoms with van der Waals surface area (Å²) in [4.78, 5) is 11.6. The van der Waals surface area contributed by atoms with E-state index in [2.05, 4.69) is 5.32 Å². The normalized spacial score (nSPS) is 19.4. The molecule has 0 aromatic rings. The molecular formula is C12H23NO2S. The van der Waals surface area contributed by atoms with Gasteiger partial charge >= 0.3 is 0 Å². The molecule has 1 aliphatic heterocycles. The molecule has 0 radical (unpaired) electrons. The highest BCUT2D eigenvalue weighted by Crippen LogP contribution is 2.24. The number of hydrogen-bond acceptors (Lipinski definition) is 3. The van der Waals surface area contributed by atoms with E-state index < -0.39 is 0 Å². The van der Waals surface area contributed by atoms with Gasteiger partial charge in [0.15, 0.2) is 0 Å². The molecule has 1 rings (SSSR count). The number of carbonyl (C=O) groups excluding carboxylic acids is 1. The van der Waals surface area contributed by atoms with Gasteiger partial charge in [0, 0.05) is 13.0 Å². The molecule has 94 valence electrons. The molecule has 0 aromatic heterocycles. The molecule has 1 heterocycles. The highest BCUT2D eigenvalue weighted by Gasteiger charge is 2.16. The van der Waals surface area contributed by atoms with Gasteiger partial charge in [0.2, 0.25) is 5.91 Å². The lowest BCUT2D eigenvalue weighted by atomic mass is 9.98. The maximum atomic E-state index is 11.6. The summed E-state index contributed by atoms with van der Waals surface area (Å²) in [6, 6.07) is 0. The van der Waals surface area contributed by atoms with Crippen molar-refractivity contribution in [3.05, 3.63) is 0 Å². The van der Waals surface area contributed by atoms with Crippen LogP contribution in [0.1, 0.15) is 39.0 Å². The number of aliphatic hydroxyl groups is 1. The van der Waals surface area contributed by atoms with Gasteiger partial charge in [0.05, 0.1) is 6.10 Å². The smallest absolute Gasteiger partial charge is 0.220 e. The highest BCUT2D eigenvalue weighted by molar-refractivity contribution is 7.99. The van der Waals surface area contributed by atoms with Crippen molar-refractivity contribution >= 4 is 17.7 Å². The lowest BCUT2D eigenvalue weighted by Gasteiger charge is -2.20. The van der Waals surface area contributed by atoms with E-state index >= 15 is 0 Å². The fourth-order valence-corrected chi connectivity index (χ4v) is 3.11. The molecule has 1 unspecified atom stereocenters. The summed E-state index contributed by atoms with van der Waals surface area (Å²) in [5.41, 5.74) is 0. The molecule has 1 atom stereocenters. The molecule has 1 amide bonds. The Morgan fingerprint density at radius 1 is 1.50 bits per heavy atom. The number of thioether (sulfide) groups is 1. The van der Waals surface area contributed by atoms with Crippen LogP contribution in [0, 0.1) is 5.92 Å². The Hall–Kier alpha value is -0.220. The van der Waals surface area contributed by atoms with E-state index in [0.717, 1.165) is 12.8 Å². The Bertz CT molecular complexity index is 203. The molecule has 0 saturated carbocycles. The van der Waals surface area contributed by atoms with Gasteiger partial charge in [0.1, 0.15) is 0 Å². The third-order valence-corrected chi connectivity index (χ3v) is 3.98. The molecule has 0 bridgehead atoms. The van der Waals surface area contributed by atoms with Crippen molar-refractivity contribution in [2.24, 2.45) is 5.92 Å². The predicted octanol–water partition coefficient (Wildman–Crippen LogP) is 1.80. The maximum Gasteiger partial charge on any atom is 0.220 e. The van der Waals surface area contributed by atoms with Crippen LogP contribution in [0.3, 0.4) is 0 Å². The second-order valence-electron chi connectivity index (χ2n) is 4.60. The van der Waals surface area contributed by atoms with E-state index in [1.165, 1.54) is 24.3 Å². The van der Waals surface area contributed by atoms with Crippen LogP contribution in [-0.4, -0.2) is 35.2 Å². The van der Waals surface area contributed by atoms with Crippen LogP contribution in [0.4, 0.5) is 0 Å². The van der Waals surface area contributed by atoms with E-state index in [9.17, 15) is 4.79 Å². The first-order chi connectivity index (χ1) is 7.68. The first-order valence-corrected chi connectivity index (χ1v) is 7.36. The monoisotopic (exact) mass is 245 g/mol. The van der Waals surface area contributed by atoms with Crippen LogP contribution in [0.15, 0.2) is 0 Å². The van der Waals surface area contributed by atoms with Gasteiger partial charge in [-0.25, -0.2) is 0 Å². The second-order valence-corrected chi connectivity index (χ2v) is 5.83. The third-order valence-electron chi connectivity index (χ3n) is 2.94. The summed E-state index contributed by atoms with van der Waals surface area (Å²) in [5.74, 6) is 3.19. The molecule has 0 aromatic carbocycles. The SMILES string of the molecule is CC(O)CCCNC(=O)CC1CCSCC1. The molecule has 4 heteroatoms. The average Bonchev–Trinajstić information content (AvgIpc) is 2.25. The number of nitrogens with one attached hydrogen (secondary N) is 1. The largest absolute Gasteiger partial charge is 0.393 e. The van der Waals surface area contributed by atoms with Crippen molar-refractivity contribution in [2.75, 3.05) is 18.1 Å². The lowest BCUT2D eigenvalue weighted by Crippen LogP contribution is -2.28. The standard InChI is InChI=1S/C12H23NO2S/c1-10(14)3-2-6-13-12(15)9-11-4-7-16-8-5-11/h10-11,14H,2-9H2,1H3,(H,13,15). The zero-order chi connectivity index (χ0) is 11.8. The van der Waals surface area contributed by atoms with Crippen LogP contribution in [0.25, 0.3) is 0 Å². The van der Waals surface area contributed by atoms with Gasteiger partial charge < -0.3 is 10.4 Å². The first kappa shape index (κ1) is 13.8. The summed E-state index contributed by atoms with van der Waals surface area (Å²) < 4.78 is 0. The third kappa shape index (κ3) is 6.38. The van der Waals surface area contributed by atoms with Crippen molar-refractivity contribution in [1.29, 1.82) is 0 Å². The Labute approximate surface area is 102 Å². The van der Waals surface area contributed by atoms with Gasteiger partial charge in [-0.2, -0.15) is 11.8 Å². The maximum absolute atomic E-state index is 11.6. The summed E-state index contributed by atoms with van der Waals surface area (Å²) in [6.45, 7) is 2.48. The van der Waals surface area contributed by atoms with Crippen molar-refractivity contribution in [2.45, 2.75) is 45.1 Å². The minimum absolute atomic E-state index is 0.183. The van der Waals surface area contributed by atoms with Crippen molar-refractivity contribution in [3.63, 3.8) is 0 Å². The van der Waals surface area contributed by atoms with Gasteiger partial charge in [-0.1, -0.05) is 0 Å². The number of amides is 1.